The molecule has 0 atom stereocenters. The molecule has 0 saturated heterocycles. The van der Waals surface area contributed by atoms with Crippen LogP contribution in [0.3, 0.4) is 0 Å². The van der Waals surface area contributed by atoms with Crippen molar-refractivity contribution in [2.75, 3.05) is 19.0 Å². The number of nitrogens with zero attached hydrogens (tertiary/aromatic N) is 3. The number of hydrogen-bond donors (Lipinski definition) is 0. The van der Waals surface area contributed by atoms with Crippen LogP contribution in [0, 0.1) is 0 Å². The van der Waals surface area contributed by atoms with E-state index in [-0.39, 0.29) is 11.0 Å². The Bertz CT molecular complexity index is 337. The SMILES string of the molecule is CN(C)c1cc(Cl)nc(C(F)(F)F)n1. The maximum absolute atomic E-state index is 12.2. The summed E-state index contributed by atoms with van der Waals surface area (Å²) < 4.78 is 36.6. The zero-order chi connectivity index (χ0) is 10.9. The van der Waals surface area contributed by atoms with Crippen molar-refractivity contribution in [2.24, 2.45) is 0 Å². The highest BCUT2D eigenvalue weighted by Gasteiger charge is 2.35. The van der Waals surface area contributed by atoms with E-state index < -0.39 is 12.0 Å². The average Bonchev–Trinajstić information content (AvgIpc) is 2.01. The Hall–Kier alpha value is -1.04. The van der Waals surface area contributed by atoms with Crippen LogP contribution in [0.2, 0.25) is 5.15 Å². The third-order valence-electron chi connectivity index (χ3n) is 1.39. The van der Waals surface area contributed by atoms with E-state index in [0.717, 1.165) is 0 Å². The van der Waals surface area contributed by atoms with Gasteiger partial charge in [0.05, 0.1) is 0 Å². The summed E-state index contributed by atoms with van der Waals surface area (Å²) in [5.74, 6) is -1.11. The second kappa shape index (κ2) is 3.61. The van der Waals surface area contributed by atoms with Crippen molar-refractivity contribution in [2.45, 2.75) is 6.18 Å². The van der Waals surface area contributed by atoms with E-state index >= 15 is 0 Å². The first-order valence-electron chi connectivity index (χ1n) is 3.60. The van der Waals surface area contributed by atoms with E-state index in [2.05, 4.69) is 9.97 Å². The molecule has 0 aliphatic rings. The van der Waals surface area contributed by atoms with Gasteiger partial charge in [0.15, 0.2) is 0 Å². The monoisotopic (exact) mass is 225 g/mol. The fourth-order valence-corrected chi connectivity index (χ4v) is 0.939. The van der Waals surface area contributed by atoms with Crippen molar-refractivity contribution in [1.82, 2.24) is 9.97 Å². The maximum atomic E-state index is 12.2. The molecule has 1 aromatic heterocycles. The summed E-state index contributed by atoms with van der Waals surface area (Å²) in [6.07, 6.45) is -4.57. The van der Waals surface area contributed by atoms with E-state index in [0.29, 0.717) is 0 Å². The number of rotatable bonds is 1. The lowest BCUT2D eigenvalue weighted by molar-refractivity contribution is -0.144. The molecule has 0 N–H and O–H groups in total. The van der Waals surface area contributed by atoms with E-state index in [1.54, 1.807) is 14.1 Å². The largest absolute Gasteiger partial charge is 0.451 e. The Morgan fingerprint density at radius 1 is 1.29 bits per heavy atom. The number of aromatic nitrogens is 2. The molecule has 0 bridgehead atoms. The Kier molecular flexibility index (Phi) is 2.84. The van der Waals surface area contributed by atoms with E-state index in [1.165, 1.54) is 11.0 Å². The summed E-state index contributed by atoms with van der Waals surface area (Å²) in [7, 11) is 3.14. The molecule has 14 heavy (non-hydrogen) atoms. The predicted octanol–water partition coefficient (Wildman–Crippen LogP) is 2.21. The smallest absolute Gasteiger partial charge is 0.363 e. The van der Waals surface area contributed by atoms with Gasteiger partial charge in [-0.15, -0.1) is 0 Å². The molecule has 0 radical (unpaired) electrons. The minimum Gasteiger partial charge on any atom is -0.363 e. The van der Waals surface area contributed by atoms with Crippen molar-refractivity contribution in [3.63, 3.8) is 0 Å². The molecular weight excluding hydrogens is 219 g/mol. The lowest BCUT2D eigenvalue weighted by Gasteiger charge is -2.13. The molecule has 0 aromatic carbocycles. The van der Waals surface area contributed by atoms with Crippen LogP contribution < -0.4 is 4.90 Å². The van der Waals surface area contributed by atoms with Crippen molar-refractivity contribution in [3.8, 4) is 0 Å². The Morgan fingerprint density at radius 3 is 2.29 bits per heavy atom. The van der Waals surface area contributed by atoms with Crippen LogP contribution in [0.25, 0.3) is 0 Å². The molecule has 0 aliphatic heterocycles. The third-order valence-corrected chi connectivity index (χ3v) is 1.59. The first-order chi connectivity index (χ1) is 6.30. The predicted molar refractivity (Wildman–Crippen MR) is 46.4 cm³/mol. The van der Waals surface area contributed by atoms with E-state index in [4.69, 9.17) is 11.6 Å². The van der Waals surface area contributed by atoms with Gasteiger partial charge >= 0.3 is 6.18 Å². The van der Waals surface area contributed by atoms with Gasteiger partial charge < -0.3 is 4.90 Å². The Balaban J connectivity index is 3.21. The van der Waals surface area contributed by atoms with Crippen LogP contribution in [0.5, 0.6) is 0 Å². The summed E-state index contributed by atoms with van der Waals surface area (Å²) in [6, 6.07) is 1.26. The molecule has 0 spiro atoms. The topological polar surface area (TPSA) is 29.0 Å². The van der Waals surface area contributed by atoms with Crippen LogP contribution >= 0.6 is 11.6 Å². The molecule has 1 rings (SSSR count). The molecule has 0 amide bonds. The van der Waals surface area contributed by atoms with Crippen LogP contribution in [0.1, 0.15) is 5.82 Å². The summed E-state index contributed by atoms with van der Waals surface area (Å²) in [4.78, 5) is 7.82. The van der Waals surface area contributed by atoms with Gasteiger partial charge in [0.25, 0.3) is 0 Å². The van der Waals surface area contributed by atoms with Crippen LogP contribution in [-0.4, -0.2) is 24.1 Å². The second-order valence-corrected chi connectivity index (χ2v) is 3.15. The molecular formula is C7H7ClF3N3. The highest BCUT2D eigenvalue weighted by molar-refractivity contribution is 6.29. The van der Waals surface area contributed by atoms with Crippen molar-refractivity contribution in [1.29, 1.82) is 0 Å². The summed E-state index contributed by atoms with van der Waals surface area (Å²) in [5, 5.41) is -0.226. The van der Waals surface area contributed by atoms with Gasteiger partial charge in [-0.3, -0.25) is 0 Å². The van der Waals surface area contributed by atoms with Gasteiger partial charge in [-0.2, -0.15) is 13.2 Å². The average molecular weight is 226 g/mol. The normalized spacial score (nSPS) is 11.6. The minimum atomic E-state index is -4.57. The van der Waals surface area contributed by atoms with Gasteiger partial charge in [0.1, 0.15) is 11.0 Å². The van der Waals surface area contributed by atoms with E-state index in [9.17, 15) is 13.2 Å². The summed E-state index contributed by atoms with van der Waals surface area (Å²) in [6.45, 7) is 0. The molecule has 1 heterocycles. The summed E-state index contributed by atoms with van der Waals surface area (Å²) in [5.41, 5.74) is 0. The summed E-state index contributed by atoms with van der Waals surface area (Å²) >= 11 is 5.42. The molecule has 0 saturated carbocycles. The number of halogens is 4. The Morgan fingerprint density at radius 2 is 1.86 bits per heavy atom. The molecule has 0 unspecified atom stereocenters. The maximum Gasteiger partial charge on any atom is 0.451 e. The van der Waals surface area contributed by atoms with Crippen molar-refractivity contribution in [3.05, 3.63) is 17.0 Å². The molecule has 0 fully saturated rings. The standard InChI is InChI=1S/C7H7ClF3N3/c1-14(2)5-3-4(8)12-6(13-5)7(9,10)11/h3H,1-2H3. The third kappa shape index (κ3) is 2.47. The fourth-order valence-electron chi connectivity index (χ4n) is 0.762. The molecule has 78 valence electrons. The van der Waals surface area contributed by atoms with Gasteiger partial charge in [-0.05, 0) is 0 Å². The van der Waals surface area contributed by atoms with Crippen molar-refractivity contribution < 1.29 is 13.2 Å². The minimum absolute atomic E-state index is 0.123. The fraction of sp³-hybridized carbons (Fsp3) is 0.429. The Labute approximate surface area is 83.5 Å². The lowest BCUT2D eigenvalue weighted by Crippen LogP contribution is -2.16. The van der Waals surface area contributed by atoms with Gasteiger partial charge in [-0.1, -0.05) is 11.6 Å². The molecule has 1 aromatic rings. The number of hydrogen-bond acceptors (Lipinski definition) is 3. The van der Waals surface area contributed by atoms with Gasteiger partial charge in [0, 0.05) is 20.2 Å². The van der Waals surface area contributed by atoms with Gasteiger partial charge in [-0.25, -0.2) is 9.97 Å². The van der Waals surface area contributed by atoms with Crippen LogP contribution in [0.4, 0.5) is 19.0 Å². The molecule has 0 aliphatic carbocycles. The number of anilines is 1. The lowest BCUT2D eigenvalue weighted by atomic mass is 10.5. The van der Waals surface area contributed by atoms with E-state index in [1.807, 2.05) is 0 Å². The first kappa shape index (κ1) is 11.0. The second-order valence-electron chi connectivity index (χ2n) is 2.76. The van der Waals surface area contributed by atoms with Gasteiger partial charge in [0.2, 0.25) is 5.82 Å². The van der Waals surface area contributed by atoms with Crippen LogP contribution in [-0.2, 0) is 6.18 Å². The highest BCUT2D eigenvalue weighted by Crippen LogP contribution is 2.28. The van der Waals surface area contributed by atoms with Crippen molar-refractivity contribution >= 4 is 17.4 Å². The first-order valence-corrected chi connectivity index (χ1v) is 3.97. The molecule has 7 heteroatoms. The van der Waals surface area contributed by atoms with Crippen LogP contribution in [0.15, 0.2) is 6.07 Å². The zero-order valence-electron chi connectivity index (χ0n) is 7.43. The number of alkyl halides is 3. The highest BCUT2D eigenvalue weighted by atomic mass is 35.5. The quantitative estimate of drug-likeness (QED) is 0.687. The zero-order valence-corrected chi connectivity index (χ0v) is 8.19. The molecule has 3 nitrogen and oxygen atoms in total.